The van der Waals surface area contributed by atoms with E-state index in [0.717, 1.165) is 0 Å². The third-order valence-electron chi connectivity index (χ3n) is 3.93. The summed E-state index contributed by atoms with van der Waals surface area (Å²) in [4.78, 5) is 28.7. The molecule has 2 aromatic rings. The highest BCUT2D eigenvalue weighted by Crippen LogP contribution is 2.29. The standard InChI is InChI=1S/C17H16ClN5O4/c18-16-13(2-1-5-19-16)17(24)21-20-11-12-3-4-14(15(10-12)23(25)26)22-6-8-27-9-7-22/h1-5,10-11H,6-9H2,(H,21,24). The van der Waals surface area contributed by atoms with Crippen LogP contribution in [0.15, 0.2) is 41.6 Å². The molecule has 1 aromatic carbocycles. The fourth-order valence-electron chi connectivity index (χ4n) is 2.62. The van der Waals surface area contributed by atoms with Crippen molar-refractivity contribution in [3.8, 4) is 0 Å². The van der Waals surface area contributed by atoms with Crippen LogP contribution in [0.2, 0.25) is 5.15 Å². The van der Waals surface area contributed by atoms with Gasteiger partial charge in [-0.05, 0) is 18.2 Å². The number of nitrogens with zero attached hydrogens (tertiary/aromatic N) is 4. The summed E-state index contributed by atoms with van der Waals surface area (Å²) < 4.78 is 5.28. The van der Waals surface area contributed by atoms with Crippen molar-refractivity contribution >= 4 is 35.1 Å². The van der Waals surface area contributed by atoms with Crippen LogP contribution in [0.4, 0.5) is 11.4 Å². The van der Waals surface area contributed by atoms with Crippen molar-refractivity contribution in [1.29, 1.82) is 0 Å². The minimum Gasteiger partial charge on any atom is -0.378 e. The highest BCUT2D eigenvalue weighted by atomic mass is 35.5. The van der Waals surface area contributed by atoms with E-state index < -0.39 is 10.8 Å². The van der Waals surface area contributed by atoms with Crippen molar-refractivity contribution < 1.29 is 14.5 Å². The van der Waals surface area contributed by atoms with Gasteiger partial charge in [-0.2, -0.15) is 5.10 Å². The Balaban J connectivity index is 1.74. The normalized spacial score (nSPS) is 14.3. The van der Waals surface area contributed by atoms with E-state index in [0.29, 0.717) is 37.6 Å². The molecule has 1 N–H and O–H groups in total. The molecule has 1 saturated heterocycles. The fraction of sp³-hybridized carbons (Fsp3) is 0.235. The van der Waals surface area contributed by atoms with Crippen LogP contribution in [0.1, 0.15) is 15.9 Å². The number of hydrazone groups is 1. The van der Waals surface area contributed by atoms with E-state index in [-0.39, 0.29) is 16.4 Å². The number of nitro benzene ring substituents is 1. The van der Waals surface area contributed by atoms with Crippen LogP contribution in [0.3, 0.4) is 0 Å². The SMILES string of the molecule is O=C(NN=Cc1ccc(N2CCOCC2)c([N+](=O)[O-])c1)c1cccnc1Cl. The molecule has 1 aliphatic heterocycles. The van der Waals surface area contributed by atoms with Crippen molar-refractivity contribution in [2.45, 2.75) is 0 Å². The lowest BCUT2D eigenvalue weighted by Gasteiger charge is -2.28. The zero-order valence-corrected chi connectivity index (χ0v) is 14.9. The van der Waals surface area contributed by atoms with Crippen molar-refractivity contribution in [3.05, 3.63) is 62.9 Å². The van der Waals surface area contributed by atoms with Crippen molar-refractivity contribution in [2.75, 3.05) is 31.2 Å². The second-order valence-corrected chi connectivity index (χ2v) is 6.00. The Morgan fingerprint density at radius 3 is 2.85 bits per heavy atom. The van der Waals surface area contributed by atoms with Crippen LogP contribution >= 0.6 is 11.6 Å². The summed E-state index contributed by atoms with van der Waals surface area (Å²) in [5, 5.41) is 15.3. The topological polar surface area (TPSA) is 110 Å². The number of pyridine rings is 1. The first-order valence-corrected chi connectivity index (χ1v) is 8.49. The number of nitro groups is 1. The van der Waals surface area contributed by atoms with Gasteiger partial charge in [-0.1, -0.05) is 17.7 Å². The first kappa shape index (κ1) is 18.7. The highest BCUT2D eigenvalue weighted by Gasteiger charge is 2.21. The molecule has 0 bridgehead atoms. The van der Waals surface area contributed by atoms with Crippen molar-refractivity contribution in [1.82, 2.24) is 10.4 Å². The Bertz CT molecular complexity index is 883. The van der Waals surface area contributed by atoms with Gasteiger partial charge in [0.25, 0.3) is 11.6 Å². The number of aromatic nitrogens is 1. The number of nitrogens with one attached hydrogen (secondary N) is 1. The van der Waals surface area contributed by atoms with E-state index in [4.69, 9.17) is 16.3 Å². The molecule has 140 valence electrons. The molecule has 27 heavy (non-hydrogen) atoms. The van der Waals surface area contributed by atoms with E-state index in [1.165, 1.54) is 24.5 Å². The molecule has 0 spiro atoms. The third-order valence-corrected chi connectivity index (χ3v) is 4.23. The second-order valence-electron chi connectivity index (χ2n) is 5.65. The summed E-state index contributed by atoms with van der Waals surface area (Å²) >= 11 is 5.85. The zero-order chi connectivity index (χ0) is 19.2. The quantitative estimate of drug-likeness (QED) is 0.363. The summed E-state index contributed by atoms with van der Waals surface area (Å²) in [6, 6.07) is 7.88. The maximum absolute atomic E-state index is 12.0. The average molecular weight is 390 g/mol. The number of amides is 1. The van der Waals surface area contributed by atoms with Gasteiger partial charge in [-0.25, -0.2) is 10.4 Å². The smallest absolute Gasteiger partial charge is 0.293 e. The Kier molecular flexibility index (Phi) is 5.94. The molecule has 0 saturated carbocycles. The zero-order valence-electron chi connectivity index (χ0n) is 14.2. The molecule has 10 heteroatoms. The summed E-state index contributed by atoms with van der Waals surface area (Å²) in [6.07, 6.45) is 2.80. The number of anilines is 1. The maximum Gasteiger partial charge on any atom is 0.293 e. The van der Waals surface area contributed by atoms with Gasteiger partial charge in [0, 0.05) is 30.9 Å². The number of rotatable bonds is 5. The number of carbonyl (C=O) groups excluding carboxylic acids is 1. The minimum absolute atomic E-state index is 0.0255. The molecule has 0 aliphatic carbocycles. The number of hydrogen-bond donors (Lipinski definition) is 1. The summed E-state index contributed by atoms with van der Waals surface area (Å²) in [5.41, 5.74) is 3.50. The van der Waals surface area contributed by atoms with Gasteiger partial charge in [0.15, 0.2) is 0 Å². The van der Waals surface area contributed by atoms with Gasteiger partial charge >= 0.3 is 0 Å². The van der Waals surface area contributed by atoms with Crippen LogP contribution in [-0.4, -0.2) is 48.3 Å². The van der Waals surface area contributed by atoms with Gasteiger partial charge in [-0.3, -0.25) is 14.9 Å². The first-order valence-electron chi connectivity index (χ1n) is 8.11. The van der Waals surface area contributed by atoms with Crippen LogP contribution < -0.4 is 10.3 Å². The van der Waals surface area contributed by atoms with Crippen LogP contribution in [0.25, 0.3) is 0 Å². The Morgan fingerprint density at radius 1 is 1.37 bits per heavy atom. The predicted molar refractivity (Wildman–Crippen MR) is 100 cm³/mol. The Labute approximate surface area is 159 Å². The first-order chi connectivity index (χ1) is 13.1. The van der Waals surface area contributed by atoms with E-state index in [1.54, 1.807) is 18.2 Å². The van der Waals surface area contributed by atoms with E-state index in [2.05, 4.69) is 15.5 Å². The van der Waals surface area contributed by atoms with E-state index >= 15 is 0 Å². The molecule has 0 unspecified atom stereocenters. The second kappa shape index (κ2) is 8.56. The number of morpholine rings is 1. The predicted octanol–water partition coefficient (Wildman–Crippen LogP) is 2.24. The molecule has 1 fully saturated rings. The van der Waals surface area contributed by atoms with Crippen LogP contribution in [0, 0.1) is 10.1 Å². The highest BCUT2D eigenvalue weighted by molar-refractivity contribution is 6.32. The Hall–Kier alpha value is -3.04. The fourth-order valence-corrected chi connectivity index (χ4v) is 2.82. The molecule has 2 heterocycles. The molecule has 1 aliphatic rings. The molecule has 1 aromatic heterocycles. The van der Waals surface area contributed by atoms with Gasteiger partial charge in [0.05, 0.1) is 29.9 Å². The molecular formula is C17H16ClN5O4. The summed E-state index contributed by atoms with van der Waals surface area (Å²) in [7, 11) is 0. The molecule has 0 radical (unpaired) electrons. The van der Waals surface area contributed by atoms with Gasteiger partial charge < -0.3 is 9.64 Å². The van der Waals surface area contributed by atoms with Gasteiger partial charge in [-0.15, -0.1) is 0 Å². The van der Waals surface area contributed by atoms with Crippen LogP contribution in [0.5, 0.6) is 0 Å². The van der Waals surface area contributed by atoms with E-state index in [1.807, 2.05) is 4.90 Å². The van der Waals surface area contributed by atoms with Crippen molar-refractivity contribution in [3.63, 3.8) is 0 Å². The number of carbonyl (C=O) groups is 1. The summed E-state index contributed by atoms with van der Waals surface area (Å²) in [6.45, 7) is 2.25. The molecular weight excluding hydrogens is 374 g/mol. The average Bonchev–Trinajstić information content (AvgIpc) is 2.68. The van der Waals surface area contributed by atoms with Gasteiger partial charge in [0.2, 0.25) is 0 Å². The third kappa shape index (κ3) is 4.57. The summed E-state index contributed by atoms with van der Waals surface area (Å²) in [5.74, 6) is -0.524. The van der Waals surface area contributed by atoms with Crippen LogP contribution in [-0.2, 0) is 4.74 Å². The lowest BCUT2D eigenvalue weighted by molar-refractivity contribution is -0.384. The number of hydrogen-bond acceptors (Lipinski definition) is 7. The largest absolute Gasteiger partial charge is 0.378 e. The molecule has 3 rings (SSSR count). The Morgan fingerprint density at radius 2 is 2.15 bits per heavy atom. The number of halogens is 1. The minimum atomic E-state index is -0.524. The van der Waals surface area contributed by atoms with Crippen molar-refractivity contribution in [2.24, 2.45) is 5.10 Å². The molecule has 0 atom stereocenters. The van der Waals surface area contributed by atoms with Gasteiger partial charge in [0.1, 0.15) is 10.8 Å². The lowest BCUT2D eigenvalue weighted by atomic mass is 10.1. The monoisotopic (exact) mass is 389 g/mol. The van der Waals surface area contributed by atoms with E-state index in [9.17, 15) is 14.9 Å². The number of ether oxygens (including phenoxy) is 1. The number of benzene rings is 1. The lowest BCUT2D eigenvalue weighted by Crippen LogP contribution is -2.36. The maximum atomic E-state index is 12.0. The molecule has 9 nitrogen and oxygen atoms in total. The molecule has 1 amide bonds.